The smallest absolute Gasteiger partial charge is 0.271 e. The first kappa shape index (κ1) is 23.6. The summed E-state index contributed by atoms with van der Waals surface area (Å²) in [6.45, 7) is 1.63. The van der Waals surface area contributed by atoms with Gasteiger partial charge < -0.3 is 10.1 Å². The van der Waals surface area contributed by atoms with Gasteiger partial charge in [0.25, 0.3) is 5.69 Å². The number of benzene rings is 2. The van der Waals surface area contributed by atoms with Gasteiger partial charge in [-0.2, -0.15) is 5.26 Å². The second-order valence-electron chi connectivity index (χ2n) is 6.62. The number of nitro groups is 1. The van der Waals surface area contributed by atoms with Gasteiger partial charge in [0.1, 0.15) is 17.5 Å². The Morgan fingerprint density at radius 2 is 1.94 bits per heavy atom. The molecule has 0 unspecified atom stereocenters. The van der Waals surface area contributed by atoms with Crippen molar-refractivity contribution in [2.24, 2.45) is 0 Å². The van der Waals surface area contributed by atoms with Gasteiger partial charge in [-0.25, -0.2) is 8.42 Å². The van der Waals surface area contributed by atoms with Crippen molar-refractivity contribution in [3.63, 3.8) is 0 Å². The van der Waals surface area contributed by atoms with Crippen molar-refractivity contribution in [2.75, 3.05) is 23.0 Å². The fourth-order valence-corrected chi connectivity index (χ4v) is 4.23. The summed E-state index contributed by atoms with van der Waals surface area (Å²) in [6.07, 6.45) is 1.23. The third-order valence-corrected chi connectivity index (χ3v) is 5.61. The summed E-state index contributed by atoms with van der Waals surface area (Å²) >= 11 is 0. The fourth-order valence-electron chi connectivity index (χ4n) is 3.02. The summed E-state index contributed by atoms with van der Waals surface area (Å²) < 4.78 is 31.3. The van der Waals surface area contributed by atoms with E-state index < -0.39 is 26.9 Å². The lowest BCUT2D eigenvalue weighted by Gasteiger charge is -2.30. The summed E-state index contributed by atoms with van der Waals surface area (Å²) in [4.78, 5) is 23.5. The van der Waals surface area contributed by atoms with Gasteiger partial charge in [0.2, 0.25) is 15.9 Å². The normalized spacial score (nSPS) is 11.8. The zero-order chi connectivity index (χ0) is 23.2. The van der Waals surface area contributed by atoms with Crippen LogP contribution in [0.5, 0.6) is 5.75 Å². The molecule has 0 spiro atoms. The van der Waals surface area contributed by atoms with Crippen molar-refractivity contribution in [2.45, 2.75) is 25.8 Å². The predicted molar refractivity (Wildman–Crippen MR) is 115 cm³/mol. The molecule has 2 rings (SSSR count). The molecule has 0 aliphatic heterocycles. The molecule has 0 aromatic heterocycles. The van der Waals surface area contributed by atoms with Gasteiger partial charge in [0, 0.05) is 17.8 Å². The van der Waals surface area contributed by atoms with Crippen molar-refractivity contribution in [1.29, 1.82) is 5.26 Å². The molecule has 0 aliphatic rings. The van der Waals surface area contributed by atoms with E-state index in [1.165, 1.54) is 19.2 Å². The highest BCUT2D eigenvalue weighted by atomic mass is 32.2. The molecule has 0 radical (unpaired) electrons. The Hall–Kier alpha value is -3.65. The first-order valence-corrected chi connectivity index (χ1v) is 11.1. The van der Waals surface area contributed by atoms with Gasteiger partial charge in [0.15, 0.2) is 0 Å². The van der Waals surface area contributed by atoms with Crippen molar-refractivity contribution < 1.29 is 22.9 Å². The van der Waals surface area contributed by atoms with Crippen molar-refractivity contribution in [3.8, 4) is 11.8 Å². The zero-order valence-corrected chi connectivity index (χ0v) is 18.0. The molecule has 31 heavy (non-hydrogen) atoms. The van der Waals surface area contributed by atoms with Gasteiger partial charge in [-0.15, -0.1) is 0 Å². The van der Waals surface area contributed by atoms with E-state index in [2.05, 4.69) is 5.32 Å². The van der Waals surface area contributed by atoms with Crippen molar-refractivity contribution >= 4 is 33.0 Å². The fraction of sp³-hybridized carbons (Fsp3) is 0.300. The van der Waals surface area contributed by atoms with Crippen LogP contribution in [0.1, 0.15) is 18.9 Å². The van der Waals surface area contributed by atoms with E-state index in [-0.39, 0.29) is 30.0 Å². The minimum atomic E-state index is -4.02. The Bertz CT molecular complexity index is 1110. The first-order valence-electron chi connectivity index (χ1n) is 9.21. The van der Waals surface area contributed by atoms with Crippen LogP contribution in [0, 0.1) is 21.4 Å². The number of hydrogen-bond donors (Lipinski definition) is 1. The van der Waals surface area contributed by atoms with Crippen molar-refractivity contribution in [3.05, 3.63) is 58.1 Å². The van der Waals surface area contributed by atoms with Gasteiger partial charge in [-0.3, -0.25) is 19.2 Å². The Morgan fingerprint density at radius 3 is 2.42 bits per heavy atom. The van der Waals surface area contributed by atoms with E-state index >= 15 is 0 Å². The van der Waals surface area contributed by atoms with Crippen LogP contribution >= 0.6 is 0 Å². The summed E-state index contributed by atoms with van der Waals surface area (Å²) in [5.74, 6) is -0.544. The maximum absolute atomic E-state index is 13.0. The van der Waals surface area contributed by atoms with Crippen LogP contribution in [-0.2, 0) is 21.2 Å². The van der Waals surface area contributed by atoms with E-state index in [4.69, 9.17) is 10.00 Å². The van der Waals surface area contributed by atoms with Crippen LogP contribution in [0.4, 0.5) is 17.1 Å². The number of carbonyl (C=O) groups excluding carboxylic acids is 1. The van der Waals surface area contributed by atoms with Crippen LogP contribution in [0.3, 0.4) is 0 Å². The highest BCUT2D eigenvalue weighted by molar-refractivity contribution is 7.92. The van der Waals surface area contributed by atoms with Gasteiger partial charge in [-0.1, -0.05) is 19.1 Å². The number of anilines is 2. The minimum Gasteiger partial charge on any atom is -0.495 e. The molecule has 0 heterocycles. The van der Waals surface area contributed by atoms with E-state index in [1.807, 2.05) is 6.07 Å². The van der Waals surface area contributed by atoms with Gasteiger partial charge >= 0.3 is 0 Å². The molecule has 0 aliphatic carbocycles. The average molecular weight is 446 g/mol. The number of ether oxygens (including phenoxy) is 1. The Balaban J connectivity index is 2.47. The molecule has 0 fully saturated rings. The second kappa shape index (κ2) is 9.90. The Kier molecular flexibility index (Phi) is 7.55. The van der Waals surface area contributed by atoms with E-state index in [0.717, 1.165) is 22.2 Å². The van der Waals surface area contributed by atoms with Crippen molar-refractivity contribution in [1.82, 2.24) is 0 Å². The monoisotopic (exact) mass is 446 g/mol. The van der Waals surface area contributed by atoms with Crippen LogP contribution < -0.4 is 14.4 Å². The third kappa shape index (κ3) is 5.70. The summed E-state index contributed by atoms with van der Waals surface area (Å²) in [5.41, 5.74) is 0.745. The molecule has 164 valence electrons. The summed E-state index contributed by atoms with van der Waals surface area (Å²) in [7, 11) is -2.72. The summed E-state index contributed by atoms with van der Waals surface area (Å²) in [5, 5.41) is 22.6. The van der Waals surface area contributed by atoms with E-state index in [0.29, 0.717) is 5.69 Å². The molecule has 0 bridgehead atoms. The average Bonchev–Trinajstić information content (AvgIpc) is 2.72. The number of nitrogens with zero attached hydrogens (tertiary/aromatic N) is 3. The third-order valence-electron chi connectivity index (χ3n) is 4.45. The quantitative estimate of drug-likeness (QED) is 0.461. The van der Waals surface area contributed by atoms with Crippen LogP contribution in [0.25, 0.3) is 0 Å². The van der Waals surface area contributed by atoms with E-state index in [9.17, 15) is 23.3 Å². The lowest BCUT2D eigenvalue weighted by molar-refractivity contribution is -0.384. The number of sulfonamides is 1. The maximum Gasteiger partial charge on any atom is 0.271 e. The van der Waals surface area contributed by atoms with Crippen LogP contribution in [-0.4, -0.2) is 38.7 Å². The van der Waals surface area contributed by atoms with Gasteiger partial charge in [0.05, 0.1) is 30.8 Å². The zero-order valence-electron chi connectivity index (χ0n) is 17.2. The number of nitrogens with one attached hydrogen (secondary N) is 1. The number of rotatable bonds is 9. The molecule has 0 saturated heterocycles. The van der Waals surface area contributed by atoms with Crippen LogP contribution in [0.15, 0.2) is 42.5 Å². The largest absolute Gasteiger partial charge is 0.495 e. The highest BCUT2D eigenvalue weighted by Crippen LogP contribution is 2.35. The topological polar surface area (TPSA) is 143 Å². The number of hydrogen-bond acceptors (Lipinski definition) is 7. The SMILES string of the molecule is CC[C@@H](C(=O)Nc1ccc(CC#N)cc1)N(c1cc([N+](=O)[O-])ccc1OC)S(C)(=O)=O. The number of nitro benzene ring substituents is 1. The standard InChI is InChI=1S/C20H22N4O6S/c1-4-17(20(25)22-15-7-5-14(6-8-15)11-12-21)23(31(3,28)29)18-13-16(24(26)27)9-10-19(18)30-2/h5-10,13,17H,4,11H2,1-3H3,(H,22,25)/t17-/m0/s1. The highest BCUT2D eigenvalue weighted by Gasteiger charge is 2.34. The van der Waals surface area contributed by atoms with Gasteiger partial charge in [-0.05, 0) is 30.2 Å². The molecular weight excluding hydrogens is 424 g/mol. The number of non-ortho nitro benzene ring substituents is 1. The number of amides is 1. The molecule has 0 saturated carbocycles. The molecule has 10 nitrogen and oxygen atoms in total. The maximum atomic E-state index is 13.0. The Labute approximate surface area is 180 Å². The lowest BCUT2D eigenvalue weighted by Crippen LogP contribution is -2.47. The molecule has 11 heteroatoms. The molecule has 1 amide bonds. The molecule has 1 atom stereocenters. The van der Waals surface area contributed by atoms with Crippen LogP contribution in [0.2, 0.25) is 0 Å². The molecular formula is C20H22N4O6S. The Morgan fingerprint density at radius 1 is 1.29 bits per heavy atom. The second-order valence-corrected chi connectivity index (χ2v) is 8.48. The first-order chi connectivity index (χ1) is 14.6. The lowest BCUT2D eigenvalue weighted by atomic mass is 10.1. The van der Waals surface area contributed by atoms with E-state index in [1.54, 1.807) is 31.2 Å². The minimum absolute atomic E-state index is 0.0723. The molecule has 1 N–H and O–H groups in total. The predicted octanol–water partition coefficient (Wildman–Crippen LogP) is 2.85. The molecule has 2 aromatic rings. The molecule has 2 aromatic carbocycles. The number of methoxy groups -OCH3 is 1. The summed E-state index contributed by atoms with van der Waals surface area (Å²) in [6, 6.07) is 10.9. The number of nitriles is 1. The number of carbonyl (C=O) groups is 1.